The second-order valence-corrected chi connectivity index (χ2v) is 6.15. The minimum Gasteiger partial charge on any atom is -0.480 e. The van der Waals surface area contributed by atoms with Crippen molar-refractivity contribution in [1.29, 1.82) is 0 Å². The van der Waals surface area contributed by atoms with Gasteiger partial charge in [0.1, 0.15) is 6.04 Å². The lowest BCUT2D eigenvalue weighted by Crippen LogP contribution is -2.33. The van der Waals surface area contributed by atoms with E-state index >= 15 is 0 Å². The molecule has 1 saturated heterocycles. The first-order valence-corrected chi connectivity index (χ1v) is 8.05. The highest BCUT2D eigenvalue weighted by Gasteiger charge is 2.30. The smallest absolute Gasteiger partial charge is 0.321 e. The van der Waals surface area contributed by atoms with Gasteiger partial charge in [0, 0.05) is 16.9 Å². The summed E-state index contributed by atoms with van der Waals surface area (Å²) in [5.74, 6) is 6.06. The predicted octanol–water partition coefficient (Wildman–Crippen LogP) is 2.87. The van der Waals surface area contributed by atoms with E-state index in [1.54, 1.807) is 11.8 Å². The summed E-state index contributed by atoms with van der Waals surface area (Å²) in [4.78, 5) is 11.0. The zero-order valence-corrected chi connectivity index (χ0v) is 12.6. The van der Waals surface area contributed by atoms with Crippen LogP contribution in [0.3, 0.4) is 0 Å². The van der Waals surface area contributed by atoms with E-state index in [9.17, 15) is 4.79 Å². The molecule has 1 fully saturated rings. The van der Waals surface area contributed by atoms with Crippen molar-refractivity contribution in [2.24, 2.45) is 0 Å². The molecule has 0 aromatic heterocycles. The molecule has 1 aliphatic heterocycles. The number of hydrogen-bond donors (Lipinski definition) is 2. The molecule has 0 amide bonds. The van der Waals surface area contributed by atoms with Gasteiger partial charge >= 0.3 is 5.97 Å². The van der Waals surface area contributed by atoms with Crippen molar-refractivity contribution in [3.63, 3.8) is 0 Å². The second-order valence-electron chi connectivity index (χ2n) is 5.01. The third kappa shape index (κ3) is 3.51. The van der Waals surface area contributed by atoms with Crippen LogP contribution in [0.5, 0.6) is 0 Å². The number of rotatable bonds is 2. The summed E-state index contributed by atoms with van der Waals surface area (Å²) in [5, 5.41) is 12.2. The lowest BCUT2D eigenvalue weighted by molar-refractivity contribution is -0.138. The molecule has 2 atom stereocenters. The molecule has 110 valence electrons. The third-order valence-corrected chi connectivity index (χ3v) is 4.69. The first-order chi connectivity index (χ1) is 10.7. The summed E-state index contributed by atoms with van der Waals surface area (Å²) in [6.07, 6.45) is 0. The van der Waals surface area contributed by atoms with Crippen LogP contribution in [0.2, 0.25) is 0 Å². The summed E-state index contributed by atoms with van der Waals surface area (Å²) in [6.45, 7) is 0. The van der Waals surface area contributed by atoms with Crippen molar-refractivity contribution < 1.29 is 9.90 Å². The van der Waals surface area contributed by atoms with E-state index in [4.69, 9.17) is 5.11 Å². The van der Waals surface area contributed by atoms with Gasteiger partial charge in [-0.25, -0.2) is 0 Å². The van der Waals surface area contributed by atoms with Gasteiger partial charge in [-0.1, -0.05) is 42.2 Å². The Labute approximate surface area is 133 Å². The SMILES string of the molecule is O=C(O)[C@H]1CS[C@H](c2ccc(C#Cc3ccccc3)cc2)N1. The number of hydrogen-bond acceptors (Lipinski definition) is 3. The van der Waals surface area contributed by atoms with E-state index in [1.165, 1.54) is 0 Å². The number of carboxylic acid groups (broad SMARTS) is 1. The van der Waals surface area contributed by atoms with Crippen LogP contribution in [0, 0.1) is 11.8 Å². The summed E-state index contributed by atoms with van der Waals surface area (Å²) in [5.41, 5.74) is 3.02. The van der Waals surface area contributed by atoms with E-state index in [2.05, 4.69) is 17.2 Å². The van der Waals surface area contributed by atoms with Gasteiger partial charge in [-0.05, 0) is 29.8 Å². The molecule has 4 heteroatoms. The van der Waals surface area contributed by atoms with Crippen LogP contribution >= 0.6 is 11.8 Å². The maximum absolute atomic E-state index is 11.0. The van der Waals surface area contributed by atoms with Crippen molar-refractivity contribution in [1.82, 2.24) is 5.32 Å². The van der Waals surface area contributed by atoms with Crippen molar-refractivity contribution >= 4 is 17.7 Å². The first-order valence-electron chi connectivity index (χ1n) is 7.00. The minimum absolute atomic E-state index is 0.0391. The van der Waals surface area contributed by atoms with E-state index in [0.717, 1.165) is 16.7 Å². The van der Waals surface area contributed by atoms with Crippen LogP contribution in [-0.2, 0) is 4.79 Å². The first kappa shape index (κ1) is 14.7. The molecule has 22 heavy (non-hydrogen) atoms. The van der Waals surface area contributed by atoms with Crippen LogP contribution in [0.1, 0.15) is 22.1 Å². The highest BCUT2D eigenvalue weighted by Crippen LogP contribution is 2.32. The van der Waals surface area contributed by atoms with E-state index < -0.39 is 12.0 Å². The fourth-order valence-corrected chi connectivity index (χ4v) is 3.45. The summed E-state index contributed by atoms with van der Waals surface area (Å²) in [6, 6.07) is 17.4. The van der Waals surface area contributed by atoms with Crippen LogP contribution in [-0.4, -0.2) is 22.9 Å². The highest BCUT2D eigenvalue weighted by atomic mass is 32.2. The average molecular weight is 309 g/mol. The Balaban J connectivity index is 1.69. The van der Waals surface area contributed by atoms with Gasteiger partial charge in [0.25, 0.3) is 0 Å². The van der Waals surface area contributed by atoms with E-state index in [1.807, 2.05) is 54.6 Å². The molecule has 2 aromatic carbocycles. The average Bonchev–Trinajstić information content (AvgIpc) is 3.05. The molecular formula is C18H15NO2S. The number of nitrogens with one attached hydrogen (secondary N) is 1. The van der Waals surface area contributed by atoms with Gasteiger partial charge in [-0.2, -0.15) is 0 Å². The van der Waals surface area contributed by atoms with E-state index in [-0.39, 0.29) is 5.37 Å². The molecule has 0 unspecified atom stereocenters. The van der Waals surface area contributed by atoms with E-state index in [0.29, 0.717) is 5.75 Å². The molecule has 0 saturated carbocycles. The minimum atomic E-state index is -0.791. The Morgan fingerprint density at radius 3 is 2.27 bits per heavy atom. The highest BCUT2D eigenvalue weighted by molar-refractivity contribution is 7.99. The van der Waals surface area contributed by atoms with Crippen LogP contribution in [0.25, 0.3) is 0 Å². The number of aliphatic carboxylic acids is 1. The largest absolute Gasteiger partial charge is 0.480 e. The van der Waals surface area contributed by atoms with Crippen LogP contribution in [0.4, 0.5) is 0 Å². The van der Waals surface area contributed by atoms with Crippen LogP contribution < -0.4 is 5.32 Å². The van der Waals surface area contributed by atoms with Gasteiger partial charge in [-0.15, -0.1) is 11.8 Å². The summed E-state index contributed by atoms with van der Waals surface area (Å²) >= 11 is 1.62. The monoisotopic (exact) mass is 309 g/mol. The Morgan fingerprint density at radius 1 is 1.05 bits per heavy atom. The summed E-state index contributed by atoms with van der Waals surface area (Å²) in [7, 11) is 0. The van der Waals surface area contributed by atoms with Gasteiger partial charge in [0.2, 0.25) is 0 Å². The standard InChI is InChI=1S/C18H15NO2S/c20-18(21)16-12-22-17(19-16)15-10-8-14(9-11-15)7-6-13-4-2-1-3-5-13/h1-5,8-11,16-17,19H,12H2,(H,20,21)/t16-,17-/m1/s1. The lowest BCUT2D eigenvalue weighted by Gasteiger charge is -2.11. The number of benzene rings is 2. The quantitative estimate of drug-likeness (QED) is 0.838. The Morgan fingerprint density at radius 2 is 1.68 bits per heavy atom. The lowest BCUT2D eigenvalue weighted by atomic mass is 10.1. The fourth-order valence-electron chi connectivity index (χ4n) is 2.21. The topological polar surface area (TPSA) is 49.3 Å². The molecule has 1 heterocycles. The molecule has 2 aromatic rings. The molecular weight excluding hydrogens is 294 g/mol. The van der Waals surface area contributed by atoms with Gasteiger partial charge < -0.3 is 5.11 Å². The second kappa shape index (κ2) is 6.69. The van der Waals surface area contributed by atoms with Crippen molar-refractivity contribution in [2.45, 2.75) is 11.4 Å². The number of carbonyl (C=O) groups is 1. The normalized spacial score (nSPS) is 20.2. The molecule has 3 rings (SSSR count). The molecule has 2 N–H and O–H groups in total. The maximum atomic E-state index is 11.0. The molecule has 0 spiro atoms. The van der Waals surface area contributed by atoms with Gasteiger partial charge in [-0.3, -0.25) is 10.1 Å². The zero-order valence-electron chi connectivity index (χ0n) is 11.8. The zero-order chi connectivity index (χ0) is 15.4. The summed E-state index contributed by atoms with van der Waals surface area (Å²) < 4.78 is 0. The third-order valence-electron chi connectivity index (χ3n) is 3.42. The molecule has 0 aliphatic carbocycles. The van der Waals surface area contributed by atoms with Crippen molar-refractivity contribution in [2.75, 3.05) is 5.75 Å². The van der Waals surface area contributed by atoms with Crippen molar-refractivity contribution in [3.8, 4) is 11.8 Å². The molecule has 3 nitrogen and oxygen atoms in total. The van der Waals surface area contributed by atoms with Crippen molar-refractivity contribution in [3.05, 3.63) is 71.3 Å². The Hall–Kier alpha value is -2.22. The predicted molar refractivity (Wildman–Crippen MR) is 88.6 cm³/mol. The maximum Gasteiger partial charge on any atom is 0.321 e. The van der Waals surface area contributed by atoms with Gasteiger partial charge in [0.15, 0.2) is 0 Å². The number of thioether (sulfide) groups is 1. The molecule has 1 aliphatic rings. The fraction of sp³-hybridized carbons (Fsp3) is 0.167. The van der Waals surface area contributed by atoms with Gasteiger partial charge in [0.05, 0.1) is 5.37 Å². The Kier molecular flexibility index (Phi) is 4.47. The Bertz CT molecular complexity index is 716. The van der Waals surface area contributed by atoms with Crippen LogP contribution in [0.15, 0.2) is 54.6 Å². The molecule has 0 radical (unpaired) electrons. The number of carboxylic acids is 1. The molecule has 0 bridgehead atoms.